The molecule has 1 aromatic rings. The molecule has 0 saturated carbocycles. The summed E-state index contributed by atoms with van der Waals surface area (Å²) in [5.41, 5.74) is 3.72. The lowest BCUT2D eigenvalue weighted by atomic mass is 9.98. The summed E-state index contributed by atoms with van der Waals surface area (Å²) in [6.45, 7) is 3.47. The van der Waals surface area contributed by atoms with Crippen molar-refractivity contribution in [2.75, 3.05) is 19.6 Å². The van der Waals surface area contributed by atoms with E-state index in [0.29, 0.717) is 0 Å². The summed E-state index contributed by atoms with van der Waals surface area (Å²) < 4.78 is 1.13. The molecular formula is C14H17BrN2O3. The second-order valence-corrected chi connectivity index (χ2v) is 5.87. The minimum Gasteiger partial charge on any atom is -0.480 e. The Morgan fingerprint density at radius 2 is 2.20 bits per heavy atom. The highest BCUT2D eigenvalue weighted by Crippen LogP contribution is 2.27. The molecule has 5 nitrogen and oxygen atoms in total. The van der Waals surface area contributed by atoms with Crippen LogP contribution < -0.4 is 5.32 Å². The summed E-state index contributed by atoms with van der Waals surface area (Å²) in [6.07, 6.45) is 0.891. The van der Waals surface area contributed by atoms with Crippen molar-refractivity contribution in [3.05, 3.63) is 33.3 Å². The summed E-state index contributed by atoms with van der Waals surface area (Å²) in [5, 5.41) is 10.9. The van der Waals surface area contributed by atoms with E-state index in [4.69, 9.17) is 5.11 Å². The van der Waals surface area contributed by atoms with E-state index in [2.05, 4.69) is 33.4 Å². The Balaban J connectivity index is 1.97. The second-order valence-electron chi connectivity index (χ2n) is 5.02. The number of benzene rings is 1. The van der Waals surface area contributed by atoms with Crippen LogP contribution in [0.15, 0.2) is 16.6 Å². The van der Waals surface area contributed by atoms with Crippen LogP contribution in [0.1, 0.15) is 16.7 Å². The SMILES string of the molecule is Cc1cc(Br)c2c(c1)CN(CC(=O)NCC(=O)O)CC2. The first-order chi connectivity index (χ1) is 9.45. The van der Waals surface area contributed by atoms with Gasteiger partial charge in [-0.2, -0.15) is 0 Å². The lowest BCUT2D eigenvalue weighted by molar-refractivity contribution is -0.138. The molecule has 0 spiro atoms. The molecule has 1 aliphatic heterocycles. The molecule has 0 aromatic heterocycles. The monoisotopic (exact) mass is 340 g/mol. The van der Waals surface area contributed by atoms with Crippen LogP contribution in [-0.4, -0.2) is 41.5 Å². The van der Waals surface area contributed by atoms with E-state index < -0.39 is 5.97 Å². The first kappa shape index (κ1) is 15.0. The molecule has 0 atom stereocenters. The molecule has 2 rings (SSSR count). The molecule has 0 bridgehead atoms. The van der Waals surface area contributed by atoms with Crippen molar-refractivity contribution in [2.45, 2.75) is 19.9 Å². The Kier molecular flexibility index (Phi) is 4.77. The molecule has 0 radical (unpaired) electrons. The summed E-state index contributed by atoms with van der Waals surface area (Å²) >= 11 is 3.58. The van der Waals surface area contributed by atoms with Gasteiger partial charge in [0.15, 0.2) is 0 Å². The third-order valence-electron chi connectivity index (χ3n) is 3.31. The first-order valence-electron chi connectivity index (χ1n) is 6.44. The quantitative estimate of drug-likeness (QED) is 0.867. The van der Waals surface area contributed by atoms with Gasteiger partial charge < -0.3 is 10.4 Å². The molecule has 6 heteroatoms. The van der Waals surface area contributed by atoms with E-state index in [1.54, 1.807) is 0 Å². The van der Waals surface area contributed by atoms with Crippen molar-refractivity contribution in [1.82, 2.24) is 10.2 Å². The van der Waals surface area contributed by atoms with Gasteiger partial charge in [0, 0.05) is 17.6 Å². The number of aliphatic carboxylic acids is 1. The number of carbonyl (C=O) groups excluding carboxylic acids is 1. The molecule has 20 heavy (non-hydrogen) atoms. The van der Waals surface area contributed by atoms with Crippen LogP contribution >= 0.6 is 15.9 Å². The van der Waals surface area contributed by atoms with Crippen LogP contribution in [0.3, 0.4) is 0 Å². The Morgan fingerprint density at radius 3 is 2.90 bits per heavy atom. The van der Waals surface area contributed by atoms with Crippen molar-refractivity contribution in [3.63, 3.8) is 0 Å². The van der Waals surface area contributed by atoms with Gasteiger partial charge in [0.25, 0.3) is 0 Å². The maximum Gasteiger partial charge on any atom is 0.322 e. The Hall–Kier alpha value is -1.40. The van der Waals surface area contributed by atoms with E-state index >= 15 is 0 Å². The molecule has 0 aliphatic carbocycles. The van der Waals surface area contributed by atoms with E-state index in [1.807, 2.05) is 11.8 Å². The van der Waals surface area contributed by atoms with Crippen LogP contribution in [-0.2, 0) is 22.6 Å². The summed E-state index contributed by atoms with van der Waals surface area (Å²) in [7, 11) is 0. The Labute approximate surface area is 126 Å². The Bertz CT molecular complexity index is 545. The molecule has 0 saturated heterocycles. The number of hydrogen-bond acceptors (Lipinski definition) is 3. The minimum atomic E-state index is -1.03. The van der Waals surface area contributed by atoms with Gasteiger partial charge >= 0.3 is 5.97 Å². The Morgan fingerprint density at radius 1 is 1.45 bits per heavy atom. The third-order valence-corrected chi connectivity index (χ3v) is 4.02. The molecule has 108 valence electrons. The number of carboxylic acid groups (broad SMARTS) is 1. The summed E-state index contributed by atoms with van der Waals surface area (Å²) in [6, 6.07) is 4.25. The van der Waals surface area contributed by atoms with E-state index in [9.17, 15) is 9.59 Å². The molecule has 0 fully saturated rings. The first-order valence-corrected chi connectivity index (χ1v) is 7.23. The molecule has 1 aromatic carbocycles. The van der Waals surface area contributed by atoms with Crippen molar-refractivity contribution < 1.29 is 14.7 Å². The van der Waals surface area contributed by atoms with Gasteiger partial charge in [-0.25, -0.2) is 0 Å². The number of carboxylic acids is 1. The fourth-order valence-electron chi connectivity index (χ4n) is 2.42. The summed E-state index contributed by atoms with van der Waals surface area (Å²) in [4.78, 5) is 24.1. The van der Waals surface area contributed by atoms with Crippen LogP contribution in [0.5, 0.6) is 0 Å². The van der Waals surface area contributed by atoms with E-state index in [1.165, 1.54) is 16.7 Å². The number of nitrogens with zero attached hydrogens (tertiary/aromatic N) is 1. The molecular weight excluding hydrogens is 324 g/mol. The van der Waals surface area contributed by atoms with E-state index in [-0.39, 0.29) is 19.0 Å². The smallest absolute Gasteiger partial charge is 0.322 e. The second kappa shape index (κ2) is 6.37. The fourth-order valence-corrected chi connectivity index (χ4v) is 3.24. The third kappa shape index (κ3) is 3.80. The average Bonchev–Trinajstić information content (AvgIpc) is 2.35. The van der Waals surface area contributed by atoms with Crippen LogP contribution in [0.25, 0.3) is 0 Å². The van der Waals surface area contributed by atoms with Gasteiger partial charge in [0.1, 0.15) is 6.54 Å². The highest BCUT2D eigenvalue weighted by atomic mass is 79.9. The topological polar surface area (TPSA) is 69.6 Å². The molecule has 0 unspecified atom stereocenters. The zero-order valence-corrected chi connectivity index (χ0v) is 12.9. The molecule has 1 amide bonds. The van der Waals surface area contributed by atoms with Gasteiger partial charge in [-0.05, 0) is 36.1 Å². The average molecular weight is 341 g/mol. The van der Waals surface area contributed by atoms with Gasteiger partial charge in [-0.3, -0.25) is 14.5 Å². The van der Waals surface area contributed by atoms with Crippen LogP contribution in [0.2, 0.25) is 0 Å². The zero-order valence-electron chi connectivity index (χ0n) is 11.3. The number of carbonyl (C=O) groups is 2. The zero-order chi connectivity index (χ0) is 14.7. The molecule has 1 aliphatic rings. The number of rotatable bonds is 4. The van der Waals surface area contributed by atoms with Crippen molar-refractivity contribution >= 4 is 27.8 Å². The maximum atomic E-state index is 11.6. The fraction of sp³-hybridized carbons (Fsp3) is 0.429. The standard InChI is InChI=1S/C14H17BrN2O3/c1-9-4-10-7-17(3-2-11(10)12(15)5-9)8-13(18)16-6-14(19)20/h4-5H,2-3,6-8H2,1H3,(H,16,18)(H,19,20). The van der Waals surface area contributed by atoms with Gasteiger partial charge in [-0.15, -0.1) is 0 Å². The number of amides is 1. The van der Waals surface area contributed by atoms with E-state index in [0.717, 1.165) is 24.0 Å². The van der Waals surface area contributed by atoms with Crippen molar-refractivity contribution in [3.8, 4) is 0 Å². The number of halogens is 1. The number of nitrogens with one attached hydrogen (secondary N) is 1. The predicted octanol–water partition coefficient (Wildman–Crippen LogP) is 1.32. The maximum absolute atomic E-state index is 11.6. The highest BCUT2D eigenvalue weighted by molar-refractivity contribution is 9.10. The lowest BCUT2D eigenvalue weighted by Crippen LogP contribution is -2.41. The predicted molar refractivity (Wildman–Crippen MR) is 78.5 cm³/mol. The highest BCUT2D eigenvalue weighted by Gasteiger charge is 2.20. The summed E-state index contributed by atoms with van der Waals surface area (Å²) in [5.74, 6) is -1.27. The number of fused-ring (bicyclic) bond motifs is 1. The largest absolute Gasteiger partial charge is 0.480 e. The lowest BCUT2D eigenvalue weighted by Gasteiger charge is -2.29. The van der Waals surface area contributed by atoms with Crippen LogP contribution in [0.4, 0.5) is 0 Å². The minimum absolute atomic E-state index is 0.234. The normalized spacial score (nSPS) is 14.7. The van der Waals surface area contributed by atoms with Crippen LogP contribution in [0, 0.1) is 6.92 Å². The molecule has 1 heterocycles. The number of hydrogen-bond donors (Lipinski definition) is 2. The van der Waals surface area contributed by atoms with Gasteiger partial charge in [0.05, 0.1) is 6.54 Å². The van der Waals surface area contributed by atoms with Crippen molar-refractivity contribution in [1.29, 1.82) is 0 Å². The molecule has 2 N–H and O–H groups in total. The van der Waals surface area contributed by atoms with Gasteiger partial charge in [-0.1, -0.05) is 22.0 Å². The number of aryl methyl sites for hydroxylation is 1. The van der Waals surface area contributed by atoms with Crippen molar-refractivity contribution in [2.24, 2.45) is 0 Å². The van der Waals surface area contributed by atoms with Gasteiger partial charge in [0.2, 0.25) is 5.91 Å².